The molecule has 0 bridgehead atoms. The van der Waals surface area contributed by atoms with Gasteiger partial charge in [0.2, 0.25) is 11.2 Å². The molecule has 0 aliphatic heterocycles. The average Bonchev–Trinajstić information content (AvgIpc) is 2.70. The number of rotatable bonds is 4. The highest BCUT2D eigenvalue weighted by atomic mass is 35.5. The standard InChI is InChI=1S/C25H20ClFO3/c1-14-7-9-17(10-8-14)24-25(29-13-19-20(26)5-4-6-21(19)27)22(28)18-12-15(2)11-16(3)23(18)30-24/h4-12H,13H2,1-3H3. The molecule has 0 fully saturated rings. The lowest BCUT2D eigenvalue weighted by atomic mass is 10.0. The van der Waals surface area contributed by atoms with Crippen LogP contribution in [-0.4, -0.2) is 0 Å². The molecule has 30 heavy (non-hydrogen) atoms. The third kappa shape index (κ3) is 3.71. The Morgan fingerprint density at radius 2 is 1.73 bits per heavy atom. The topological polar surface area (TPSA) is 39.4 Å². The van der Waals surface area contributed by atoms with E-state index < -0.39 is 5.82 Å². The quantitative estimate of drug-likeness (QED) is 0.365. The van der Waals surface area contributed by atoms with Crippen LogP contribution < -0.4 is 10.2 Å². The maximum Gasteiger partial charge on any atom is 0.235 e. The Kier molecular flexibility index (Phi) is 5.35. The van der Waals surface area contributed by atoms with Gasteiger partial charge in [0.15, 0.2) is 5.76 Å². The van der Waals surface area contributed by atoms with Crippen molar-refractivity contribution in [2.24, 2.45) is 0 Å². The second-order valence-electron chi connectivity index (χ2n) is 7.40. The van der Waals surface area contributed by atoms with Gasteiger partial charge in [-0.1, -0.05) is 53.6 Å². The summed E-state index contributed by atoms with van der Waals surface area (Å²) in [5.74, 6) is -0.140. The summed E-state index contributed by atoms with van der Waals surface area (Å²) < 4.78 is 26.3. The first kappa shape index (κ1) is 20.2. The molecule has 0 aliphatic carbocycles. The number of aryl methyl sites for hydroxylation is 3. The highest BCUT2D eigenvalue weighted by Crippen LogP contribution is 2.33. The second-order valence-corrected chi connectivity index (χ2v) is 7.81. The molecule has 4 rings (SSSR count). The smallest absolute Gasteiger partial charge is 0.235 e. The second kappa shape index (κ2) is 7.96. The van der Waals surface area contributed by atoms with Gasteiger partial charge in [-0.05, 0) is 50.1 Å². The molecule has 0 N–H and O–H groups in total. The van der Waals surface area contributed by atoms with Crippen molar-refractivity contribution in [1.82, 2.24) is 0 Å². The molecule has 152 valence electrons. The maximum absolute atomic E-state index is 14.2. The van der Waals surface area contributed by atoms with Crippen molar-refractivity contribution in [3.63, 3.8) is 0 Å². The van der Waals surface area contributed by atoms with E-state index in [1.165, 1.54) is 12.1 Å². The largest absolute Gasteiger partial charge is 0.481 e. The number of hydrogen-bond acceptors (Lipinski definition) is 3. The van der Waals surface area contributed by atoms with E-state index in [1.54, 1.807) is 12.1 Å². The SMILES string of the molecule is Cc1ccc(-c2oc3c(C)cc(C)cc3c(=O)c2OCc2c(F)cccc2Cl)cc1. The monoisotopic (exact) mass is 422 g/mol. The van der Waals surface area contributed by atoms with Crippen molar-refractivity contribution in [2.45, 2.75) is 27.4 Å². The minimum atomic E-state index is -0.490. The molecule has 3 aromatic carbocycles. The van der Waals surface area contributed by atoms with Crippen LogP contribution in [0.2, 0.25) is 5.02 Å². The molecule has 3 nitrogen and oxygen atoms in total. The van der Waals surface area contributed by atoms with Crippen molar-refractivity contribution < 1.29 is 13.5 Å². The summed E-state index contributed by atoms with van der Waals surface area (Å²) in [4.78, 5) is 13.4. The van der Waals surface area contributed by atoms with Crippen LogP contribution in [-0.2, 0) is 6.61 Å². The molecule has 1 heterocycles. The Hall–Kier alpha value is -3.11. The molecular formula is C25H20ClFO3. The van der Waals surface area contributed by atoms with Crippen LogP contribution >= 0.6 is 11.6 Å². The van der Waals surface area contributed by atoms with Gasteiger partial charge in [-0.15, -0.1) is 0 Å². The molecule has 0 saturated heterocycles. The highest BCUT2D eigenvalue weighted by Gasteiger charge is 2.20. The third-order valence-corrected chi connectivity index (χ3v) is 5.37. The predicted molar refractivity (Wildman–Crippen MR) is 118 cm³/mol. The zero-order valence-corrected chi connectivity index (χ0v) is 17.6. The Labute approximate surface area is 178 Å². The van der Waals surface area contributed by atoms with Gasteiger partial charge < -0.3 is 9.15 Å². The van der Waals surface area contributed by atoms with Gasteiger partial charge >= 0.3 is 0 Å². The van der Waals surface area contributed by atoms with Gasteiger partial charge in [-0.25, -0.2) is 4.39 Å². The van der Waals surface area contributed by atoms with Gasteiger partial charge in [0, 0.05) is 11.1 Å². The summed E-state index contributed by atoms with van der Waals surface area (Å²) in [6.07, 6.45) is 0. The van der Waals surface area contributed by atoms with Gasteiger partial charge in [-0.2, -0.15) is 0 Å². The highest BCUT2D eigenvalue weighted by molar-refractivity contribution is 6.31. The molecule has 1 aromatic heterocycles. The summed E-state index contributed by atoms with van der Waals surface area (Å²) in [6.45, 7) is 5.60. The van der Waals surface area contributed by atoms with Crippen molar-refractivity contribution in [3.05, 3.63) is 97.9 Å². The molecule has 0 atom stereocenters. The van der Waals surface area contributed by atoms with Crippen molar-refractivity contribution in [1.29, 1.82) is 0 Å². The third-order valence-electron chi connectivity index (χ3n) is 5.02. The van der Waals surface area contributed by atoms with E-state index in [-0.39, 0.29) is 28.4 Å². The Bertz CT molecular complexity index is 1290. The average molecular weight is 423 g/mol. The molecule has 5 heteroatoms. The predicted octanol–water partition coefficient (Wildman–Crippen LogP) is 6.76. The Balaban J connectivity index is 1.91. The van der Waals surface area contributed by atoms with Crippen molar-refractivity contribution in [3.8, 4) is 17.1 Å². The van der Waals surface area contributed by atoms with E-state index in [1.807, 2.05) is 51.1 Å². The lowest BCUT2D eigenvalue weighted by Gasteiger charge is -2.14. The lowest BCUT2D eigenvalue weighted by molar-refractivity contribution is 0.292. The molecular weight excluding hydrogens is 403 g/mol. The van der Waals surface area contributed by atoms with Gasteiger partial charge in [0.25, 0.3) is 0 Å². The number of ether oxygens (including phenoxy) is 1. The van der Waals surface area contributed by atoms with Crippen LogP contribution in [0, 0.1) is 26.6 Å². The Morgan fingerprint density at radius 1 is 1.00 bits per heavy atom. The van der Waals surface area contributed by atoms with Gasteiger partial charge in [0.05, 0.1) is 10.4 Å². The van der Waals surface area contributed by atoms with Gasteiger partial charge in [-0.3, -0.25) is 4.79 Å². The minimum Gasteiger partial charge on any atom is -0.481 e. The molecule has 4 aromatic rings. The molecule has 0 saturated carbocycles. The first-order valence-electron chi connectivity index (χ1n) is 9.56. The van der Waals surface area contributed by atoms with E-state index >= 15 is 0 Å². The van der Waals surface area contributed by atoms with Gasteiger partial charge in [0.1, 0.15) is 18.0 Å². The molecule has 0 spiro atoms. The van der Waals surface area contributed by atoms with Crippen LogP contribution in [0.15, 0.2) is 63.8 Å². The first-order valence-corrected chi connectivity index (χ1v) is 9.93. The summed E-state index contributed by atoms with van der Waals surface area (Å²) >= 11 is 6.12. The summed E-state index contributed by atoms with van der Waals surface area (Å²) in [5, 5.41) is 0.668. The fraction of sp³-hybridized carbons (Fsp3) is 0.160. The van der Waals surface area contributed by atoms with E-state index in [4.69, 9.17) is 20.8 Å². The number of fused-ring (bicyclic) bond motifs is 1. The van der Waals surface area contributed by atoms with Crippen LogP contribution in [0.1, 0.15) is 22.3 Å². The molecule has 0 aliphatic rings. The van der Waals surface area contributed by atoms with E-state index in [0.29, 0.717) is 22.3 Å². The molecule has 0 amide bonds. The number of benzene rings is 3. The maximum atomic E-state index is 14.2. The minimum absolute atomic E-state index is 0.0377. The fourth-order valence-electron chi connectivity index (χ4n) is 3.47. The Morgan fingerprint density at radius 3 is 2.43 bits per heavy atom. The lowest BCUT2D eigenvalue weighted by Crippen LogP contribution is -2.11. The molecule has 0 unspecified atom stereocenters. The zero-order chi connectivity index (χ0) is 21.4. The van der Waals surface area contributed by atoms with E-state index in [9.17, 15) is 9.18 Å². The van der Waals surface area contributed by atoms with Crippen LogP contribution in [0.4, 0.5) is 4.39 Å². The van der Waals surface area contributed by atoms with Crippen molar-refractivity contribution in [2.75, 3.05) is 0 Å². The van der Waals surface area contributed by atoms with E-state index in [0.717, 1.165) is 16.7 Å². The summed E-state index contributed by atoms with van der Waals surface area (Å²) in [6, 6.07) is 15.7. The summed E-state index contributed by atoms with van der Waals surface area (Å²) in [5.41, 5.74) is 3.98. The first-order chi connectivity index (χ1) is 14.3. The van der Waals surface area contributed by atoms with Crippen molar-refractivity contribution >= 4 is 22.6 Å². The normalized spacial score (nSPS) is 11.1. The van der Waals surface area contributed by atoms with Crippen LogP contribution in [0.25, 0.3) is 22.3 Å². The fourth-order valence-corrected chi connectivity index (χ4v) is 3.69. The zero-order valence-electron chi connectivity index (χ0n) is 16.9. The molecule has 0 radical (unpaired) electrons. The summed E-state index contributed by atoms with van der Waals surface area (Å²) in [7, 11) is 0. The van der Waals surface area contributed by atoms with Crippen LogP contribution in [0.3, 0.4) is 0 Å². The van der Waals surface area contributed by atoms with Crippen LogP contribution in [0.5, 0.6) is 5.75 Å². The number of halogens is 2. The number of hydrogen-bond donors (Lipinski definition) is 0. The van der Waals surface area contributed by atoms with E-state index in [2.05, 4.69) is 0 Å².